The normalized spacial score (nSPS) is 14.1. The Morgan fingerprint density at radius 1 is 1.38 bits per heavy atom. The fourth-order valence-corrected chi connectivity index (χ4v) is 2.19. The molecule has 1 aliphatic rings. The van der Waals surface area contributed by atoms with Crippen molar-refractivity contribution in [1.82, 2.24) is 15.1 Å². The van der Waals surface area contributed by atoms with E-state index < -0.39 is 0 Å². The fraction of sp³-hybridized carbons (Fsp3) is 0.182. The summed E-state index contributed by atoms with van der Waals surface area (Å²) >= 11 is 5.96. The van der Waals surface area contributed by atoms with Crippen LogP contribution < -0.4 is 11.1 Å². The lowest BCUT2D eigenvalue weighted by atomic mass is 10.2. The largest absolute Gasteiger partial charge is 0.382 e. The molecule has 0 bridgehead atoms. The number of anilines is 1. The number of rotatable bonds is 1. The molecule has 0 aliphatic carbocycles. The molecule has 0 fully saturated rings. The number of aromatic nitrogens is 2. The summed E-state index contributed by atoms with van der Waals surface area (Å²) in [6.07, 6.45) is 0. The number of nitrogens with two attached hydrogens (primary N) is 1. The Balaban J connectivity index is 2.17. The van der Waals surface area contributed by atoms with Gasteiger partial charge in [0, 0.05) is 23.7 Å². The second kappa shape index (κ2) is 3.50. The van der Waals surface area contributed by atoms with E-state index in [4.69, 9.17) is 17.3 Å². The highest BCUT2D eigenvalue weighted by Crippen LogP contribution is 2.25. The van der Waals surface area contributed by atoms with Crippen molar-refractivity contribution < 1.29 is 0 Å². The number of benzene rings is 1. The number of fused-ring (bicyclic) bond motifs is 1. The van der Waals surface area contributed by atoms with Crippen LogP contribution in [0.1, 0.15) is 11.3 Å². The number of halogens is 1. The summed E-state index contributed by atoms with van der Waals surface area (Å²) < 4.78 is 1.86. The summed E-state index contributed by atoms with van der Waals surface area (Å²) in [5, 5.41) is 8.30. The average molecular weight is 235 g/mol. The highest BCUT2D eigenvalue weighted by atomic mass is 35.5. The molecule has 0 spiro atoms. The SMILES string of the molecule is Nc1nn(-c2cccc(Cl)c2)c2c1CNC2. The molecule has 82 valence electrons. The zero-order valence-corrected chi connectivity index (χ0v) is 9.33. The minimum atomic E-state index is 0.597. The topological polar surface area (TPSA) is 55.9 Å². The van der Waals surface area contributed by atoms with E-state index in [1.807, 2.05) is 28.9 Å². The van der Waals surface area contributed by atoms with E-state index >= 15 is 0 Å². The van der Waals surface area contributed by atoms with Crippen LogP contribution in [0.15, 0.2) is 24.3 Å². The molecule has 2 aromatic rings. The molecule has 0 atom stereocenters. The smallest absolute Gasteiger partial charge is 0.150 e. The van der Waals surface area contributed by atoms with Crippen LogP contribution in [0.25, 0.3) is 5.69 Å². The molecule has 2 heterocycles. The van der Waals surface area contributed by atoms with Gasteiger partial charge in [-0.2, -0.15) is 5.10 Å². The van der Waals surface area contributed by atoms with E-state index in [9.17, 15) is 0 Å². The molecule has 4 nitrogen and oxygen atoms in total. The van der Waals surface area contributed by atoms with Crippen molar-refractivity contribution in [2.45, 2.75) is 13.1 Å². The molecule has 0 saturated carbocycles. The zero-order valence-electron chi connectivity index (χ0n) is 8.57. The van der Waals surface area contributed by atoms with Gasteiger partial charge in [-0.25, -0.2) is 4.68 Å². The maximum Gasteiger partial charge on any atom is 0.150 e. The third kappa shape index (κ3) is 1.38. The predicted octanol–water partition coefficient (Wildman–Crippen LogP) is 1.71. The molecule has 0 amide bonds. The van der Waals surface area contributed by atoms with Gasteiger partial charge in [-0.15, -0.1) is 0 Å². The van der Waals surface area contributed by atoms with Crippen LogP contribution in [-0.4, -0.2) is 9.78 Å². The summed E-state index contributed by atoms with van der Waals surface area (Å²) in [4.78, 5) is 0. The van der Waals surface area contributed by atoms with E-state index in [1.54, 1.807) is 0 Å². The highest BCUT2D eigenvalue weighted by Gasteiger charge is 2.21. The summed E-state index contributed by atoms with van der Waals surface area (Å²) in [5.74, 6) is 0.597. The van der Waals surface area contributed by atoms with E-state index in [2.05, 4.69) is 10.4 Å². The zero-order chi connectivity index (χ0) is 11.1. The quantitative estimate of drug-likeness (QED) is 0.790. The monoisotopic (exact) mass is 234 g/mol. The summed E-state index contributed by atoms with van der Waals surface area (Å²) in [6.45, 7) is 1.59. The van der Waals surface area contributed by atoms with E-state index in [0.717, 1.165) is 30.0 Å². The number of hydrogen-bond acceptors (Lipinski definition) is 3. The third-order valence-corrected chi connectivity index (χ3v) is 3.00. The van der Waals surface area contributed by atoms with Crippen LogP contribution in [0.2, 0.25) is 5.02 Å². The first-order valence-corrected chi connectivity index (χ1v) is 5.46. The molecule has 3 N–H and O–H groups in total. The van der Waals surface area contributed by atoms with Gasteiger partial charge in [0.25, 0.3) is 0 Å². The van der Waals surface area contributed by atoms with Crippen molar-refractivity contribution in [3.63, 3.8) is 0 Å². The molecule has 0 unspecified atom stereocenters. The second-order valence-corrected chi connectivity index (χ2v) is 4.24. The van der Waals surface area contributed by atoms with E-state index in [-0.39, 0.29) is 0 Å². The average Bonchev–Trinajstić information content (AvgIpc) is 2.83. The van der Waals surface area contributed by atoms with E-state index in [0.29, 0.717) is 10.8 Å². The van der Waals surface area contributed by atoms with Crippen LogP contribution in [0.5, 0.6) is 0 Å². The van der Waals surface area contributed by atoms with Gasteiger partial charge in [-0.3, -0.25) is 0 Å². The highest BCUT2D eigenvalue weighted by molar-refractivity contribution is 6.30. The van der Waals surface area contributed by atoms with Gasteiger partial charge in [0.2, 0.25) is 0 Å². The fourth-order valence-electron chi connectivity index (χ4n) is 2.01. The molecular formula is C11H11ClN4. The molecular weight excluding hydrogens is 224 g/mol. The molecule has 3 rings (SSSR count). The first-order valence-electron chi connectivity index (χ1n) is 5.08. The number of nitrogens with zero attached hydrogens (tertiary/aromatic N) is 2. The standard InChI is InChI=1S/C11H11ClN4/c12-7-2-1-3-8(4-7)16-10-6-14-5-9(10)11(13)15-16/h1-4,14H,5-6H2,(H2,13,15). The van der Waals surface area contributed by atoms with Gasteiger partial charge in [-0.1, -0.05) is 17.7 Å². The molecule has 1 aromatic heterocycles. The number of nitrogen functional groups attached to an aromatic ring is 1. The van der Waals surface area contributed by atoms with Crippen LogP contribution in [0.3, 0.4) is 0 Å². The van der Waals surface area contributed by atoms with Crippen molar-refractivity contribution in [1.29, 1.82) is 0 Å². The Morgan fingerprint density at radius 3 is 3.06 bits per heavy atom. The molecule has 1 aromatic carbocycles. The van der Waals surface area contributed by atoms with Crippen LogP contribution >= 0.6 is 11.6 Å². The lowest BCUT2D eigenvalue weighted by Crippen LogP contribution is -2.08. The minimum absolute atomic E-state index is 0.597. The van der Waals surface area contributed by atoms with Crippen LogP contribution in [-0.2, 0) is 13.1 Å². The van der Waals surface area contributed by atoms with Crippen molar-refractivity contribution in [3.8, 4) is 5.69 Å². The van der Waals surface area contributed by atoms with Crippen molar-refractivity contribution in [2.75, 3.05) is 5.73 Å². The summed E-state index contributed by atoms with van der Waals surface area (Å²) in [7, 11) is 0. The van der Waals surface area contributed by atoms with Gasteiger partial charge in [-0.05, 0) is 18.2 Å². The first-order chi connectivity index (χ1) is 7.75. The molecule has 0 saturated heterocycles. The Hall–Kier alpha value is -1.52. The Bertz CT molecular complexity index is 547. The molecule has 0 radical (unpaired) electrons. The summed E-state index contributed by atoms with van der Waals surface area (Å²) in [5.41, 5.74) is 9.03. The van der Waals surface area contributed by atoms with Gasteiger partial charge < -0.3 is 11.1 Å². The van der Waals surface area contributed by atoms with Gasteiger partial charge in [0.05, 0.1) is 11.4 Å². The van der Waals surface area contributed by atoms with E-state index in [1.165, 1.54) is 0 Å². The predicted molar refractivity (Wildman–Crippen MR) is 63.5 cm³/mol. The van der Waals surface area contributed by atoms with Crippen molar-refractivity contribution in [3.05, 3.63) is 40.5 Å². The third-order valence-electron chi connectivity index (χ3n) is 2.77. The lowest BCUT2D eigenvalue weighted by molar-refractivity contribution is 0.714. The first kappa shape index (κ1) is 9.69. The van der Waals surface area contributed by atoms with Gasteiger partial charge in [0.15, 0.2) is 5.82 Å². The molecule has 5 heteroatoms. The van der Waals surface area contributed by atoms with Crippen LogP contribution in [0.4, 0.5) is 5.82 Å². The maximum absolute atomic E-state index is 5.96. The molecule has 1 aliphatic heterocycles. The van der Waals surface area contributed by atoms with Crippen molar-refractivity contribution >= 4 is 17.4 Å². The lowest BCUT2D eigenvalue weighted by Gasteiger charge is -2.05. The number of nitrogens with one attached hydrogen (secondary N) is 1. The summed E-state index contributed by atoms with van der Waals surface area (Å²) in [6, 6.07) is 7.60. The van der Waals surface area contributed by atoms with Crippen LogP contribution in [0, 0.1) is 0 Å². The molecule has 16 heavy (non-hydrogen) atoms. The van der Waals surface area contributed by atoms with Gasteiger partial charge in [0.1, 0.15) is 0 Å². The minimum Gasteiger partial charge on any atom is -0.382 e. The Labute approximate surface area is 98.0 Å². The number of hydrogen-bond donors (Lipinski definition) is 2. The van der Waals surface area contributed by atoms with Crippen molar-refractivity contribution in [2.24, 2.45) is 0 Å². The van der Waals surface area contributed by atoms with Gasteiger partial charge >= 0.3 is 0 Å². The maximum atomic E-state index is 5.96. The Kier molecular flexibility index (Phi) is 2.12. The second-order valence-electron chi connectivity index (χ2n) is 3.81. The Morgan fingerprint density at radius 2 is 2.25 bits per heavy atom.